The average Bonchev–Trinajstić information content (AvgIpc) is 1.48. The maximum absolute atomic E-state index is 15.4. The topological polar surface area (TPSA) is 226 Å². The normalized spacial score (nSPS) is 24.0. The fraction of sp³-hybridized carbons (Fsp3) is 0.312. The third-order valence-electron chi connectivity index (χ3n) is 15.9. The van der Waals surface area contributed by atoms with E-state index in [0.717, 1.165) is 9.80 Å². The van der Waals surface area contributed by atoms with Crippen molar-refractivity contribution in [2.24, 2.45) is 0 Å². The van der Waals surface area contributed by atoms with Gasteiger partial charge in [0.2, 0.25) is 0 Å². The second kappa shape index (κ2) is 24.4. The van der Waals surface area contributed by atoms with Crippen LogP contribution in [0.4, 0.5) is 0 Å². The Hall–Kier alpha value is -8.50. The lowest BCUT2D eigenvalue weighted by Crippen LogP contribution is -2.73. The van der Waals surface area contributed by atoms with Gasteiger partial charge in [0.25, 0.3) is 23.6 Å². The molecule has 434 valence electrons. The largest absolute Gasteiger partial charge is 0.459 e. The molecule has 0 aromatic heterocycles. The molecule has 20 heteroatoms. The van der Waals surface area contributed by atoms with Gasteiger partial charge in [-0.25, -0.2) is 19.2 Å². The molecule has 2 saturated heterocycles. The minimum atomic E-state index is -2.98. The molecule has 4 heterocycles. The summed E-state index contributed by atoms with van der Waals surface area (Å²) in [4.78, 5) is 119. The molecular weight excluding hydrogens is 1100 g/mol. The molecule has 10 rings (SSSR count). The molecule has 84 heavy (non-hydrogen) atoms. The number of fused-ring (bicyclic) bond motifs is 2. The number of nitrogens with zero attached hydrogens (tertiary/aromatic N) is 2. The first-order valence-corrected chi connectivity index (χ1v) is 30.3. The van der Waals surface area contributed by atoms with Gasteiger partial charge >= 0.3 is 23.9 Å². The fourth-order valence-corrected chi connectivity index (χ4v) is 11.9. The van der Waals surface area contributed by atoms with Crippen molar-refractivity contribution in [1.82, 2.24) is 9.80 Å². The smallest absolute Gasteiger partial charge is 0.338 e. The van der Waals surface area contributed by atoms with Crippen LogP contribution in [0.25, 0.3) is 0 Å². The number of rotatable bonds is 18. The van der Waals surface area contributed by atoms with Gasteiger partial charge in [0.05, 0.1) is 50.6 Å². The zero-order valence-electron chi connectivity index (χ0n) is 46.9. The number of amides is 4. The number of imide groups is 2. The minimum Gasteiger partial charge on any atom is -0.459 e. The number of carbonyl (C=O) groups excluding carboxylic acids is 8. The van der Waals surface area contributed by atoms with Crippen molar-refractivity contribution in [2.75, 3.05) is 26.9 Å². The number of benzene rings is 6. The second-order valence-corrected chi connectivity index (χ2v) is 27.0. The molecule has 6 aromatic carbocycles. The van der Waals surface area contributed by atoms with Crippen LogP contribution in [0.15, 0.2) is 170 Å². The molecule has 4 aliphatic rings. The van der Waals surface area contributed by atoms with Gasteiger partial charge in [0.15, 0.2) is 27.0 Å². The first kappa shape index (κ1) is 58.7. The minimum absolute atomic E-state index is 0.00853. The molecule has 6 aromatic rings. The van der Waals surface area contributed by atoms with Gasteiger partial charge in [-0.2, -0.15) is 0 Å². The summed E-state index contributed by atoms with van der Waals surface area (Å²) in [6.45, 7) is 7.88. The van der Waals surface area contributed by atoms with Gasteiger partial charge in [-0.1, -0.05) is 118 Å². The van der Waals surface area contributed by atoms with E-state index in [4.69, 9.17) is 42.3 Å². The van der Waals surface area contributed by atoms with Crippen LogP contribution in [0.3, 0.4) is 0 Å². The van der Waals surface area contributed by atoms with Crippen LogP contribution in [-0.4, -0.2) is 147 Å². The summed E-state index contributed by atoms with van der Waals surface area (Å²) in [6.07, 6.45) is -12.0. The van der Waals surface area contributed by atoms with E-state index in [0.29, 0.717) is 0 Å². The second-order valence-electron chi connectivity index (χ2n) is 22.2. The van der Waals surface area contributed by atoms with E-state index in [1.807, 2.05) is 33.9 Å². The van der Waals surface area contributed by atoms with Crippen molar-refractivity contribution in [2.45, 2.75) is 100 Å². The number of carbonyl (C=O) groups is 8. The van der Waals surface area contributed by atoms with Gasteiger partial charge in [-0.15, -0.1) is 0 Å². The van der Waals surface area contributed by atoms with Crippen molar-refractivity contribution < 1.29 is 80.7 Å². The zero-order valence-corrected chi connectivity index (χ0v) is 47.9. The highest BCUT2D eigenvalue weighted by Crippen LogP contribution is 2.47. The summed E-state index contributed by atoms with van der Waals surface area (Å²) in [5.74, 6) is -6.71. The van der Waals surface area contributed by atoms with Crippen molar-refractivity contribution >= 4 is 55.8 Å². The van der Waals surface area contributed by atoms with E-state index in [1.165, 1.54) is 67.8 Å². The molecule has 19 nitrogen and oxygen atoms in total. The highest BCUT2D eigenvalue weighted by molar-refractivity contribution is 6.74. The zero-order chi connectivity index (χ0) is 59.5. The molecule has 0 bridgehead atoms. The lowest BCUT2D eigenvalue weighted by atomic mass is 9.84. The van der Waals surface area contributed by atoms with Crippen LogP contribution in [0.5, 0.6) is 0 Å². The van der Waals surface area contributed by atoms with Crippen molar-refractivity contribution in [3.8, 4) is 0 Å². The molecule has 4 amide bonds. The van der Waals surface area contributed by atoms with Gasteiger partial charge < -0.3 is 42.3 Å². The van der Waals surface area contributed by atoms with E-state index >= 15 is 9.59 Å². The Labute approximate surface area is 485 Å². The molecule has 0 spiro atoms. The summed E-state index contributed by atoms with van der Waals surface area (Å²) >= 11 is 0. The van der Waals surface area contributed by atoms with Crippen LogP contribution in [0.1, 0.15) is 110 Å². The lowest BCUT2D eigenvalue weighted by Gasteiger charge is -2.55. The molecule has 0 N–H and O–H groups in total. The van der Waals surface area contributed by atoms with E-state index in [2.05, 4.69) is 0 Å². The summed E-state index contributed by atoms with van der Waals surface area (Å²) in [7, 11) is -1.74. The molecule has 0 aliphatic carbocycles. The predicted octanol–water partition coefficient (Wildman–Crippen LogP) is 8.74. The highest BCUT2D eigenvalue weighted by atomic mass is 28.4. The number of esters is 4. The summed E-state index contributed by atoms with van der Waals surface area (Å²) in [6, 6.07) is 42.5. The van der Waals surface area contributed by atoms with Crippen LogP contribution < -0.4 is 0 Å². The Morgan fingerprint density at radius 2 is 0.940 bits per heavy atom. The Balaban J connectivity index is 1.18. The Morgan fingerprint density at radius 3 is 1.38 bits per heavy atom. The molecule has 4 aliphatic heterocycles. The predicted molar refractivity (Wildman–Crippen MR) is 302 cm³/mol. The van der Waals surface area contributed by atoms with E-state index < -0.39 is 142 Å². The maximum Gasteiger partial charge on any atom is 0.338 e. The number of hydrogen-bond acceptors (Lipinski definition) is 17. The summed E-state index contributed by atoms with van der Waals surface area (Å²) < 4.78 is 59.2. The quantitative estimate of drug-likeness (QED) is 0.0339. The Morgan fingerprint density at radius 1 is 0.536 bits per heavy atom. The van der Waals surface area contributed by atoms with Crippen LogP contribution in [-0.2, 0) is 42.3 Å². The fourth-order valence-electron chi connectivity index (χ4n) is 10.6. The SMILES string of the molecule is COC1OC(COC(=O)c2ccccc2)C(OC2OC(COC(=O)c3ccccc3)C(O[Si](C)(C)C(C)(C)C)CC2(COC(=O)c2ccccc2)N2C(=O)c3ccccc3C2=O)C(OC(=O)c2ccccc2)C1N1C(=O)c2ccccc2C1=O. The molecule has 2 fully saturated rings. The monoisotopic (exact) mass is 1160 g/mol. The standard InChI is InChI=1S/C64H62N2O17Si/c1-63(2,3)84(5,6)83-47-35-64(38-78-59(73)41-27-15-9-16-28-41,66-55(69)45-33-21-22-34-46(45)56(66)70)62(80-48(47)36-76-57(71)39-23-11-7-12-24-39)82-51-49(37-77-58(72)40-25-13-8-14-26-40)79-61(75-4)50(52(51)81-60(74)42-29-17-10-18-30-42)65-53(67)43-31-19-20-32-44(43)54(65)68/h7-34,47-52,61-62H,35-38H2,1-6H3. The van der Waals surface area contributed by atoms with Crippen molar-refractivity contribution in [3.05, 3.63) is 214 Å². The van der Waals surface area contributed by atoms with E-state index in [9.17, 15) is 28.8 Å². The third-order valence-corrected chi connectivity index (χ3v) is 20.4. The van der Waals surface area contributed by atoms with E-state index in [1.54, 1.807) is 109 Å². The summed E-state index contributed by atoms with van der Waals surface area (Å²) in [5, 5.41) is -0.486. The lowest BCUT2D eigenvalue weighted by molar-refractivity contribution is -0.342. The highest BCUT2D eigenvalue weighted by Gasteiger charge is 2.64. The van der Waals surface area contributed by atoms with Crippen LogP contribution >= 0.6 is 0 Å². The third kappa shape index (κ3) is 11.6. The first-order valence-electron chi connectivity index (χ1n) is 27.4. The van der Waals surface area contributed by atoms with Gasteiger partial charge in [-0.05, 0) is 90.9 Å². The van der Waals surface area contributed by atoms with Crippen molar-refractivity contribution in [1.29, 1.82) is 0 Å². The van der Waals surface area contributed by atoms with Gasteiger partial charge in [-0.3, -0.25) is 29.0 Å². The Kier molecular flexibility index (Phi) is 17.0. The van der Waals surface area contributed by atoms with Crippen molar-refractivity contribution in [3.63, 3.8) is 0 Å². The maximum atomic E-state index is 15.4. The van der Waals surface area contributed by atoms with Gasteiger partial charge in [0.1, 0.15) is 49.7 Å². The molecule has 0 saturated carbocycles. The van der Waals surface area contributed by atoms with Crippen LogP contribution in [0, 0.1) is 0 Å². The number of ether oxygens (including phenoxy) is 8. The molecule has 9 atom stereocenters. The average molecular weight is 1160 g/mol. The van der Waals surface area contributed by atoms with E-state index in [-0.39, 0.29) is 44.5 Å². The van der Waals surface area contributed by atoms with Crippen LogP contribution in [0.2, 0.25) is 18.1 Å². The first-order chi connectivity index (χ1) is 40.3. The molecule has 0 radical (unpaired) electrons. The Bertz CT molecular complexity index is 3380. The molecule has 9 unspecified atom stereocenters. The summed E-state index contributed by atoms with van der Waals surface area (Å²) in [5.41, 5.74) is -1.80. The number of hydrogen-bond donors (Lipinski definition) is 0. The number of methoxy groups -OCH3 is 1. The molecular formula is C64H62N2O17Si. The van der Waals surface area contributed by atoms with Gasteiger partial charge in [0, 0.05) is 13.5 Å².